The van der Waals surface area contributed by atoms with Gasteiger partial charge in [-0.1, -0.05) is 41.9 Å². The van der Waals surface area contributed by atoms with Gasteiger partial charge in [-0.05, 0) is 36.4 Å². The summed E-state index contributed by atoms with van der Waals surface area (Å²) in [6, 6.07) is 16.3. The van der Waals surface area contributed by atoms with E-state index >= 15 is 0 Å². The number of para-hydroxylation sites is 2. The predicted octanol–water partition coefficient (Wildman–Crippen LogP) is 5.08. The summed E-state index contributed by atoms with van der Waals surface area (Å²) in [5.74, 6) is 0. The summed E-state index contributed by atoms with van der Waals surface area (Å²) in [6.07, 6.45) is 2.80. The van der Waals surface area contributed by atoms with Crippen LogP contribution in [0.1, 0.15) is 25.2 Å². The Balaban J connectivity index is 1.76. The summed E-state index contributed by atoms with van der Waals surface area (Å²) < 4.78 is 3.09. The van der Waals surface area contributed by atoms with Crippen LogP contribution in [0.2, 0.25) is 0 Å². The van der Waals surface area contributed by atoms with Crippen LogP contribution in [0, 0.1) is 0 Å². The number of benzene rings is 2. The van der Waals surface area contributed by atoms with E-state index in [2.05, 4.69) is 47.0 Å². The zero-order valence-corrected chi connectivity index (χ0v) is 16.2. The standard InChI is InChI=1S/C21H17BrN4/c1-21(2)11-18-15(12-23-26(18)14-9-7-13(22)8-10-14)19-20(21)25-17-6-4-3-5-16(17)24-19/h3-10,12H,11H2,1-2H3. The monoisotopic (exact) mass is 404 g/mol. The summed E-state index contributed by atoms with van der Waals surface area (Å²) in [6.45, 7) is 4.47. The molecule has 0 aliphatic heterocycles. The van der Waals surface area contributed by atoms with Crippen molar-refractivity contribution < 1.29 is 0 Å². The second-order valence-corrected chi connectivity index (χ2v) is 8.28. The Labute approximate surface area is 160 Å². The van der Waals surface area contributed by atoms with E-state index < -0.39 is 0 Å². The highest BCUT2D eigenvalue weighted by Crippen LogP contribution is 2.42. The van der Waals surface area contributed by atoms with Crippen LogP contribution in [0.3, 0.4) is 0 Å². The van der Waals surface area contributed by atoms with Crippen LogP contribution >= 0.6 is 15.9 Å². The smallest absolute Gasteiger partial charge is 0.0965 e. The minimum atomic E-state index is -0.105. The predicted molar refractivity (Wildman–Crippen MR) is 107 cm³/mol. The van der Waals surface area contributed by atoms with Crippen molar-refractivity contribution in [3.05, 3.63) is 70.6 Å². The van der Waals surface area contributed by atoms with Crippen molar-refractivity contribution in [2.24, 2.45) is 0 Å². The Morgan fingerprint density at radius 3 is 2.38 bits per heavy atom. The van der Waals surface area contributed by atoms with Crippen LogP contribution in [-0.4, -0.2) is 19.7 Å². The van der Waals surface area contributed by atoms with Gasteiger partial charge in [0.15, 0.2) is 0 Å². The number of nitrogens with zero attached hydrogens (tertiary/aromatic N) is 4. The maximum absolute atomic E-state index is 4.96. The Hall–Kier alpha value is -2.53. The molecule has 5 heteroatoms. The molecule has 0 fully saturated rings. The topological polar surface area (TPSA) is 43.6 Å². The van der Waals surface area contributed by atoms with Crippen LogP contribution in [0.15, 0.2) is 59.2 Å². The van der Waals surface area contributed by atoms with E-state index in [9.17, 15) is 0 Å². The van der Waals surface area contributed by atoms with E-state index in [1.54, 1.807) is 0 Å². The minimum Gasteiger partial charge on any atom is -0.248 e. The molecule has 2 aromatic carbocycles. The van der Waals surface area contributed by atoms with E-state index in [0.29, 0.717) is 0 Å². The van der Waals surface area contributed by atoms with Crippen molar-refractivity contribution >= 4 is 27.0 Å². The van der Waals surface area contributed by atoms with E-state index in [1.165, 1.54) is 5.69 Å². The average Bonchev–Trinajstić information content (AvgIpc) is 3.04. The molecular weight excluding hydrogens is 388 g/mol. The van der Waals surface area contributed by atoms with Gasteiger partial charge < -0.3 is 0 Å². The first-order valence-electron chi connectivity index (χ1n) is 8.63. The van der Waals surface area contributed by atoms with Crippen LogP contribution < -0.4 is 0 Å². The van der Waals surface area contributed by atoms with E-state index in [4.69, 9.17) is 9.97 Å². The van der Waals surface area contributed by atoms with Crippen LogP contribution in [0.25, 0.3) is 28.0 Å². The molecule has 4 nitrogen and oxygen atoms in total. The van der Waals surface area contributed by atoms with Crippen molar-refractivity contribution in [1.82, 2.24) is 19.7 Å². The molecule has 26 heavy (non-hydrogen) atoms. The lowest BCUT2D eigenvalue weighted by Crippen LogP contribution is -2.29. The maximum atomic E-state index is 4.96. The SMILES string of the molecule is CC1(C)Cc2c(cnn2-c2ccc(Br)cc2)-c2nc3ccccc3nc21. The maximum Gasteiger partial charge on any atom is 0.0965 e. The molecule has 0 bridgehead atoms. The molecule has 1 aliphatic rings. The lowest BCUT2D eigenvalue weighted by atomic mass is 9.77. The summed E-state index contributed by atoms with van der Waals surface area (Å²) in [5.41, 5.74) is 7.11. The largest absolute Gasteiger partial charge is 0.248 e. The third kappa shape index (κ3) is 2.31. The van der Waals surface area contributed by atoms with Crippen LogP contribution in [-0.2, 0) is 11.8 Å². The number of hydrogen-bond donors (Lipinski definition) is 0. The van der Waals surface area contributed by atoms with Gasteiger partial charge in [-0.2, -0.15) is 5.10 Å². The summed E-state index contributed by atoms with van der Waals surface area (Å²) in [4.78, 5) is 9.91. The molecule has 0 atom stereocenters. The number of aromatic nitrogens is 4. The molecule has 1 aliphatic carbocycles. The first kappa shape index (κ1) is 15.7. The Morgan fingerprint density at radius 1 is 0.962 bits per heavy atom. The van der Waals surface area contributed by atoms with E-state index in [1.807, 2.05) is 47.3 Å². The van der Waals surface area contributed by atoms with Crippen LogP contribution in [0.4, 0.5) is 0 Å². The Morgan fingerprint density at radius 2 is 1.65 bits per heavy atom. The normalized spacial score (nSPS) is 14.9. The first-order chi connectivity index (χ1) is 12.5. The van der Waals surface area contributed by atoms with Crippen LogP contribution in [0.5, 0.6) is 0 Å². The third-order valence-corrected chi connectivity index (χ3v) is 5.54. The molecule has 0 saturated heterocycles. The average molecular weight is 405 g/mol. The van der Waals surface area contributed by atoms with Gasteiger partial charge in [0.25, 0.3) is 0 Å². The van der Waals surface area contributed by atoms with E-state index in [-0.39, 0.29) is 5.41 Å². The molecule has 5 rings (SSSR count). The second kappa shape index (κ2) is 5.48. The lowest BCUT2D eigenvalue weighted by molar-refractivity contribution is 0.486. The van der Waals surface area contributed by atoms with Gasteiger partial charge in [-0.25, -0.2) is 14.6 Å². The van der Waals surface area contributed by atoms with Gasteiger partial charge in [-0.15, -0.1) is 0 Å². The second-order valence-electron chi connectivity index (χ2n) is 7.36. The molecule has 0 saturated carbocycles. The van der Waals surface area contributed by atoms with Gasteiger partial charge in [-0.3, -0.25) is 0 Å². The van der Waals surface area contributed by atoms with Crippen molar-refractivity contribution in [3.8, 4) is 16.9 Å². The van der Waals surface area contributed by atoms with Gasteiger partial charge >= 0.3 is 0 Å². The highest BCUT2D eigenvalue weighted by molar-refractivity contribution is 9.10. The summed E-state index contributed by atoms with van der Waals surface area (Å²) in [5, 5.41) is 4.68. The molecule has 0 radical (unpaired) electrons. The van der Waals surface area contributed by atoms with Crippen molar-refractivity contribution in [1.29, 1.82) is 0 Å². The van der Waals surface area contributed by atoms with Crippen molar-refractivity contribution in [2.45, 2.75) is 25.7 Å². The molecule has 4 aromatic rings. The van der Waals surface area contributed by atoms with Gasteiger partial charge in [0.2, 0.25) is 0 Å². The van der Waals surface area contributed by atoms with Gasteiger partial charge in [0.1, 0.15) is 0 Å². The molecule has 0 N–H and O–H groups in total. The number of rotatable bonds is 1. The molecular formula is C21H17BrN4. The minimum absolute atomic E-state index is 0.105. The number of hydrogen-bond acceptors (Lipinski definition) is 3. The molecule has 2 heterocycles. The highest BCUT2D eigenvalue weighted by Gasteiger charge is 2.36. The molecule has 0 amide bonds. The Bertz CT molecular complexity index is 1140. The fourth-order valence-corrected chi connectivity index (χ4v) is 3.97. The summed E-state index contributed by atoms with van der Waals surface area (Å²) >= 11 is 3.50. The summed E-state index contributed by atoms with van der Waals surface area (Å²) in [7, 11) is 0. The number of halogens is 1. The molecule has 0 spiro atoms. The zero-order chi connectivity index (χ0) is 17.9. The van der Waals surface area contributed by atoms with Gasteiger partial charge in [0.05, 0.1) is 40.0 Å². The molecule has 0 unspecified atom stereocenters. The van der Waals surface area contributed by atoms with Crippen molar-refractivity contribution in [3.63, 3.8) is 0 Å². The lowest BCUT2D eigenvalue weighted by Gasteiger charge is -2.31. The number of fused-ring (bicyclic) bond motifs is 4. The fraction of sp³-hybridized carbons (Fsp3) is 0.190. The van der Waals surface area contributed by atoms with E-state index in [0.717, 1.165) is 44.6 Å². The van der Waals surface area contributed by atoms with Gasteiger partial charge in [0, 0.05) is 21.9 Å². The third-order valence-electron chi connectivity index (χ3n) is 5.02. The fourth-order valence-electron chi connectivity index (χ4n) is 3.71. The van der Waals surface area contributed by atoms with Crippen molar-refractivity contribution in [2.75, 3.05) is 0 Å². The quantitative estimate of drug-likeness (QED) is 0.444. The highest BCUT2D eigenvalue weighted by atomic mass is 79.9. The zero-order valence-electron chi connectivity index (χ0n) is 14.6. The molecule has 2 aromatic heterocycles. The Kier molecular flexibility index (Phi) is 3.31. The first-order valence-corrected chi connectivity index (χ1v) is 9.43. The molecule has 128 valence electrons.